The van der Waals surface area contributed by atoms with Crippen LogP contribution in [0.25, 0.3) is 0 Å². The number of hydrogen-bond donors (Lipinski definition) is 1. The number of aromatic amines is 1. The summed E-state index contributed by atoms with van der Waals surface area (Å²) in [5, 5.41) is 4.27. The van der Waals surface area contributed by atoms with Gasteiger partial charge in [-0.3, -0.25) is 14.6 Å². The van der Waals surface area contributed by atoms with Crippen molar-refractivity contribution in [2.24, 2.45) is 10.9 Å². The lowest BCUT2D eigenvalue weighted by Crippen LogP contribution is -2.35. The van der Waals surface area contributed by atoms with Crippen molar-refractivity contribution in [1.29, 1.82) is 0 Å². The molecule has 0 aromatic carbocycles. The number of aromatic nitrogens is 2. The van der Waals surface area contributed by atoms with E-state index in [0.717, 1.165) is 35.9 Å². The third-order valence-corrected chi connectivity index (χ3v) is 5.89. The quantitative estimate of drug-likeness (QED) is 0.900. The Labute approximate surface area is 135 Å². The van der Waals surface area contributed by atoms with E-state index in [1.54, 1.807) is 11.8 Å². The smallest absolute Gasteiger partial charge is 0.270 e. The number of rotatable bonds is 2. The van der Waals surface area contributed by atoms with Gasteiger partial charge in [0.05, 0.1) is 22.3 Å². The predicted octanol–water partition coefficient (Wildman–Crippen LogP) is 3.80. The Morgan fingerprint density at radius 1 is 1.45 bits per heavy atom. The molecule has 5 nitrogen and oxygen atoms in total. The summed E-state index contributed by atoms with van der Waals surface area (Å²) in [6, 6.07) is 0.243. The van der Waals surface area contributed by atoms with Gasteiger partial charge in [-0.25, -0.2) is 4.99 Å². The molecule has 0 spiro atoms. The third-order valence-electron chi connectivity index (χ3n) is 4.42. The molecule has 3 heterocycles. The number of nitrogens with zero attached hydrogens (tertiary/aromatic N) is 2. The molecule has 0 radical (unpaired) electrons. The number of aliphatic imine (C=N–C) groups is 1. The summed E-state index contributed by atoms with van der Waals surface area (Å²) in [6.45, 7) is 11.3. The molecule has 0 unspecified atom stereocenters. The van der Waals surface area contributed by atoms with E-state index in [0.29, 0.717) is 5.92 Å². The van der Waals surface area contributed by atoms with Crippen molar-refractivity contribution in [3.05, 3.63) is 15.9 Å². The highest BCUT2D eigenvalue weighted by Gasteiger charge is 2.35. The standard InChI is InChI=1S/C16H25N3O2S/c1-9(2)13-12-14(17-10(3)22-13)19(18-15(12)20)11-6-7-21-16(4,5)8-11/h9,11,13H,6-8H2,1-5H3,(H,18,20)/t11-,13-/m0/s1. The van der Waals surface area contributed by atoms with Crippen LogP contribution in [0.2, 0.25) is 0 Å². The molecule has 1 aromatic heterocycles. The Kier molecular flexibility index (Phi) is 4.01. The first-order valence-electron chi connectivity index (χ1n) is 7.99. The lowest BCUT2D eigenvalue weighted by molar-refractivity contribution is -0.0705. The fourth-order valence-corrected chi connectivity index (χ4v) is 4.51. The highest BCUT2D eigenvalue weighted by Crippen LogP contribution is 2.45. The van der Waals surface area contributed by atoms with Gasteiger partial charge in [0.2, 0.25) is 0 Å². The Morgan fingerprint density at radius 3 is 2.82 bits per heavy atom. The highest BCUT2D eigenvalue weighted by atomic mass is 32.2. The summed E-state index contributed by atoms with van der Waals surface area (Å²) in [5.74, 6) is 1.24. The molecule has 0 bridgehead atoms. The zero-order valence-corrected chi connectivity index (χ0v) is 14.8. The highest BCUT2D eigenvalue weighted by molar-refractivity contribution is 8.14. The van der Waals surface area contributed by atoms with E-state index in [1.165, 1.54) is 0 Å². The lowest BCUT2D eigenvalue weighted by Gasteiger charge is -2.36. The van der Waals surface area contributed by atoms with Gasteiger partial charge in [0, 0.05) is 11.9 Å². The van der Waals surface area contributed by atoms with E-state index in [1.807, 2.05) is 11.6 Å². The van der Waals surface area contributed by atoms with Gasteiger partial charge in [0.1, 0.15) is 0 Å². The van der Waals surface area contributed by atoms with E-state index < -0.39 is 0 Å². The van der Waals surface area contributed by atoms with Crippen molar-refractivity contribution >= 4 is 22.6 Å². The second-order valence-electron chi connectivity index (χ2n) is 7.22. The van der Waals surface area contributed by atoms with E-state index in [2.05, 4.69) is 32.8 Å². The van der Waals surface area contributed by atoms with E-state index >= 15 is 0 Å². The molecule has 1 saturated heterocycles. The molecule has 0 aliphatic carbocycles. The van der Waals surface area contributed by atoms with Crippen LogP contribution in [0.5, 0.6) is 0 Å². The first kappa shape index (κ1) is 15.9. The molecular formula is C16H25N3O2S. The summed E-state index contributed by atoms with van der Waals surface area (Å²) in [4.78, 5) is 17.2. The molecule has 0 amide bonds. The van der Waals surface area contributed by atoms with Gasteiger partial charge < -0.3 is 4.74 Å². The molecule has 1 N–H and O–H groups in total. The van der Waals surface area contributed by atoms with Crippen LogP contribution in [-0.4, -0.2) is 27.0 Å². The molecule has 22 heavy (non-hydrogen) atoms. The number of nitrogens with one attached hydrogen (secondary N) is 1. The van der Waals surface area contributed by atoms with Gasteiger partial charge >= 0.3 is 0 Å². The van der Waals surface area contributed by atoms with Crippen molar-refractivity contribution < 1.29 is 4.74 Å². The summed E-state index contributed by atoms with van der Waals surface area (Å²) in [5.41, 5.74) is 0.702. The predicted molar refractivity (Wildman–Crippen MR) is 91.3 cm³/mol. The van der Waals surface area contributed by atoms with Gasteiger partial charge in [0.25, 0.3) is 5.56 Å². The van der Waals surface area contributed by atoms with E-state index in [9.17, 15) is 4.79 Å². The number of hydrogen-bond acceptors (Lipinski definition) is 4. The topological polar surface area (TPSA) is 59.4 Å². The maximum absolute atomic E-state index is 12.5. The molecule has 2 aliphatic heterocycles. The minimum atomic E-state index is -0.156. The van der Waals surface area contributed by atoms with Gasteiger partial charge in [0.15, 0.2) is 5.82 Å². The molecule has 0 saturated carbocycles. The normalized spacial score (nSPS) is 27.6. The first-order chi connectivity index (χ1) is 10.3. The zero-order valence-electron chi connectivity index (χ0n) is 14.0. The van der Waals surface area contributed by atoms with Crippen LogP contribution in [0, 0.1) is 5.92 Å². The maximum Gasteiger partial charge on any atom is 0.270 e. The van der Waals surface area contributed by atoms with Gasteiger partial charge in [-0.1, -0.05) is 13.8 Å². The molecule has 1 fully saturated rings. The average Bonchev–Trinajstić information content (AvgIpc) is 2.74. The fourth-order valence-electron chi connectivity index (χ4n) is 3.40. The molecular weight excluding hydrogens is 298 g/mol. The molecule has 122 valence electrons. The molecule has 6 heteroatoms. The molecule has 1 aromatic rings. The minimum Gasteiger partial charge on any atom is -0.375 e. The average molecular weight is 323 g/mol. The van der Waals surface area contributed by atoms with Crippen molar-refractivity contribution in [1.82, 2.24) is 9.78 Å². The fraction of sp³-hybridized carbons (Fsp3) is 0.750. The maximum atomic E-state index is 12.5. The lowest BCUT2D eigenvalue weighted by atomic mass is 9.94. The summed E-state index contributed by atoms with van der Waals surface area (Å²) in [6.07, 6.45) is 1.80. The number of thioether (sulfide) groups is 1. The number of ether oxygens (including phenoxy) is 1. The van der Waals surface area contributed by atoms with E-state index in [-0.39, 0.29) is 22.5 Å². The summed E-state index contributed by atoms with van der Waals surface area (Å²) in [7, 11) is 0. The summed E-state index contributed by atoms with van der Waals surface area (Å²) >= 11 is 1.70. The third kappa shape index (κ3) is 2.78. The van der Waals surface area contributed by atoms with Crippen LogP contribution >= 0.6 is 11.8 Å². The summed E-state index contributed by atoms with van der Waals surface area (Å²) < 4.78 is 7.80. The first-order valence-corrected chi connectivity index (χ1v) is 8.87. The number of fused-ring (bicyclic) bond motifs is 1. The zero-order chi connectivity index (χ0) is 16.1. The molecule has 2 atom stereocenters. The van der Waals surface area contributed by atoms with Gasteiger partial charge in [-0.15, -0.1) is 11.8 Å². The molecule has 3 rings (SSSR count). The van der Waals surface area contributed by atoms with Crippen LogP contribution < -0.4 is 5.56 Å². The Bertz CT molecular complexity index is 657. The van der Waals surface area contributed by atoms with E-state index in [4.69, 9.17) is 9.73 Å². The number of H-pyrrole nitrogens is 1. The van der Waals surface area contributed by atoms with Crippen molar-refractivity contribution in [3.63, 3.8) is 0 Å². The van der Waals surface area contributed by atoms with Crippen molar-refractivity contribution in [2.75, 3.05) is 6.61 Å². The Balaban J connectivity index is 2.05. The Hall–Kier alpha value is -1.01. The van der Waals surface area contributed by atoms with Gasteiger partial charge in [-0.05, 0) is 39.5 Å². The van der Waals surface area contributed by atoms with Crippen LogP contribution in [0.1, 0.15) is 64.3 Å². The minimum absolute atomic E-state index is 0.0155. The Morgan fingerprint density at radius 2 is 2.18 bits per heavy atom. The molecule has 2 aliphatic rings. The monoisotopic (exact) mass is 323 g/mol. The second-order valence-corrected chi connectivity index (χ2v) is 8.55. The van der Waals surface area contributed by atoms with Crippen molar-refractivity contribution in [2.45, 2.75) is 64.4 Å². The largest absolute Gasteiger partial charge is 0.375 e. The van der Waals surface area contributed by atoms with Gasteiger partial charge in [-0.2, -0.15) is 0 Å². The van der Waals surface area contributed by atoms with Crippen LogP contribution in [0.15, 0.2) is 9.79 Å². The SMILES string of the molecule is CC1=Nc2c(c(=O)[nH]n2[C@H]2CCOC(C)(C)C2)[C@H](C(C)C)S1. The van der Waals surface area contributed by atoms with Crippen LogP contribution in [0.4, 0.5) is 5.82 Å². The second kappa shape index (κ2) is 5.57. The van der Waals surface area contributed by atoms with Crippen molar-refractivity contribution in [3.8, 4) is 0 Å². The van der Waals surface area contributed by atoms with Crippen LogP contribution in [-0.2, 0) is 4.74 Å². The van der Waals surface area contributed by atoms with Crippen LogP contribution in [0.3, 0.4) is 0 Å².